The lowest BCUT2D eigenvalue weighted by Crippen LogP contribution is -2.47. The van der Waals surface area contributed by atoms with E-state index in [1.165, 1.54) is 30.5 Å². The minimum Gasteiger partial charge on any atom is -0.329 e. The Morgan fingerprint density at radius 1 is 1.37 bits per heavy atom. The molecule has 0 amide bonds. The molecule has 1 aromatic carbocycles. The molecule has 2 atom stereocenters. The predicted octanol–water partition coefficient (Wildman–Crippen LogP) is 2.02. The third-order valence-corrected chi connectivity index (χ3v) is 4.35. The second kappa shape index (κ2) is 6.51. The summed E-state index contributed by atoms with van der Waals surface area (Å²) in [6.45, 7) is 5.18. The SMILES string of the molecule is Cc1ccc(C(CN)N(C)C2CCCN(C)C2)cc1. The summed E-state index contributed by atoms with van der Waals surface area (Å²) in [7, 11) is 4.44. The van der Waals surface area contributed by atoms with Crippen molar-refractivity contribution in [3.8, 4) is 0 Å². The number of hydrogen-bond acceptors (Lipinski definition) is 3. The molecule has 2 unspecified atom stereocenters. The highest BCUT2D eigenvalue weighted by Gasteiger charge is 2.26. The van der Waals surface area contributed by atoms with Crippen LogP contribution in [-0.2, 0) is 0 Å². The number of aryl methyl sites for hydroxylation is 1. The lowest BCUT2D eigenvalue weighted by molar-refractivity contribution is 0.101. The van der Waals surface area contributed by atoms with Crippen molar-refractivity contribution >= 4 is 0 Å². The van der Waals surface area contributed by atoms with Gasteiger partial charge in [0.05, 0.1) is 0 Å². The molecule has 1 aliphatic heterocycles. The Bertz CT molecular complexity index is 387. The lowest BCUT2D eigenvalue weighted by Gasteiger charge is -2.40. The lowest BCUT2D eigenvalue weighted by atomic mass is 9.99. The normalized spacial score (nSPS) is 22.7. The van der Waals surface area contributed by atoms with Crippen molar-refractivity contribution in [1.29, 1.82) is 0 Å². The second-order valence-electron chi connectivity index (χ2n) is 5.89. The van der Waals surface area contributed by atoms with Crippen LogP contribution in [0.5, 0.6) is 0 Å². The van der Waals surface area contributed by atoms with Crippen LogP contribution in [0.3, 0.4) is 0 Å². The summed E-state index contributed by atoms with van der Waals surface area (Å²) in [4.78, 5) is 4.90. The van der Waals surface area contributed by atoms with Crippen LogP contribution >= 0.6 is 0 Å². The molecule has 1 heterocycles. The van der Waals surface area contributed by atoms with E-state index in [0.717, 1.165) is 6.54 Å². The number of rotatable bonds is 4. The molecule has 3 heteroatoms. The van der Waals surface area contributed by atoms with Gasteiger partial charge in [-0.1, -0.05) is 29.8 Å². The fourth-order valence-corrected chi connectivity index (χ4v) is 3.05. The number of likely N-dealkylation sites (tertiary alicyclic amines) is 1. The highest BCUT2D eigenvalue weighted by atomic mass is 15.2. The Labute approximate surface area is 117 Å². The zero-order chi connectivity index (χ0) is 13.8. The van der Waals surface area contributed by atoms with Gasteiger partial charge in [0.2, 0.25) is 0 Å². The zero-order valence-electron chi connectivity index (χ0n) is 12.5. The van der Waals surface area contributed by atoms with Crippen LogP contribution in [0.25, 0.3) is 0 Å². The number of nitrogens with two attached hydrogens (primary N) is 1. The minimum atomic E-state index is 0.331. The predicted molar refractivity (Wildman–Crippen MR) is 81.3 cm³/mol. The summed E-state index contributed by atoms with van der Waals surface area (Å²) in [5.74, 6) is 0. The van der Waals surface area contributed by atoms with Gasteiger partial charge >= 0.3 is 0 Å². The van der Waals surface area contributed by atoms with Gasteiger partial charge in [-0.3, -0.25) is 4.90 Å². The van der Waals surface area contributed by atoms with E-state index in [1.807, 2.05) is 0 Å². The molecule has 0 aliphatic carbocycles. The van der Waals surface area contributed by atoms with Crippen molar-refractivity contribution in [1.82, 2.24) is 9.80 Å². The first kappa shape index (κ1) is 14.5. The van der Waals surface area contributed by atoms with Gasteiger partial charge in [-0.2, -0.15) is 0 Å². The van der Waals surface area contributed by atoms with Crippen LogP contribution in [0.2, 0.25) is 0 Å². The zero-order valence-corrected chi connectivity index (χ0v) is 12.5. The van der Waals surface area contributed by atoms with Gasteiger partial charge in [-0.05, 0) is 46.0 Å². The van der Waals surface area contributed by atoms with Crippen molar-refractivity contribution in [3.63, 3.8) is 0 Å². The first-order valence-corrected chi connectivity index (χ1v) is 7.29. The van der Waals surface area contributed by atoms with E-state index in [1.54, 1.807) is 0 Å². The number of likely N-dealkylation sites (N-methyl/N-ethyl adjacent to an activating group) is 2. The highest BCUT2D eigenvalue weighted by Crippen LogP contribution is 2.24. The van der Waals surface area contributed by atoms with Gasteiger partial charge in [-0.15, -0.1) is 0 Å². The highest BCUT2D eigenvalue weighted by molar-refractivity contribution is 5.24. The molecule has 1 aromatic rings. The van der Waals surface area contributed by atoms with Gasteiger partial charge in [0.15, 0.2) is 0 Å². The van der Waals surface area contributed by atoms with Crippen LogP contribution in [0.4, 0.5) is 0 Å². The molecule has 0 bridgehead atoms. The molecule has 3 nitrogen and oxygen atoms in total. The summed E-state index contributed by atoms with van der Waals surface area (Å²) in [6, 6.07) is 9.74. The fourth-order valence-electron chi connectivity index (χ4n) is 3.05. The third-order valence-electron chi connectivity index (χ3n) is 4.35. The van der Waals surface area contributed by atoms with Gasteiger partial charge < -0.3 is 10.6 Å². The number of piperidine rings is 1. The quantitative estimate of drug-likeness (QED) is 0.900. The molecule has 0 saturated carbocycles. The molecule has 1 saturated heterocycles. The standard InChI is InChI=1S/C16H27N3/c1-13-6-8-14(9-7-13)16(11-17)19(3)15-5-4-10-18(2)12-15/h6-9,15-16H,4-5,10-12,17H2,1-3H3. The average Bonchev–Trinajstić information content (AvgIpc) is 2.41. The topological polar surface area (TPSA) is 32.5 Å². The average molecular weight is 261 g/mol. The smallest absolute Gasteiger partial charge is 0.0470 e. The van der Waals surface area contributed by atoms with Crippen LogP contribution in [-0.4, -0.2) is 49.6 Å². The first-order chi connectivity index (χ1) is 9.11. The fraction of sp³-hybridized carbons (Fsp3) is 0.625. The van der Waals surface area contributed by atoms with Crippen molar-refractivity contribution in [2.24, 2.45) is 5.73 Å². The summed E-state index contributed by atoms with van der Waals surface area (Å²) in [6.07, 6.45) is 2.57. The minimum absolute atomic E-state index is 0.331. The van der Waals surface area contributed by atoms with Crippen molar-refractivity contribution in [3.05, 3.63) is 35.4 Å². The maximum absolute atomic E-state index is 6.03. The molecule has 1 aliphatic rings. The van der Waals surface area contributed by atoms with E-state index in [0.29, 0.717) is 18.6 Å². The Balaban J connectivity index is 2.09. The molecule has 0 spiro atoms. The Hall–Kier alpha value is -0.900. The van der Waals surface area contributed by atoms with Crippen molar-refractivity contribution in [2.45, 2.75) is 31.8 Å². The van der Waals surface area contributed by atoms with Gasteiger partial charge in [0.1, 0.15) is 0 Å². The molecule has 106 valence electrons. The number of hydrogen-bond donors (Lipinski definition) is 1. The largest absolute Gasteiger partial charge is 0.329 e. The molecular weight excluding hydrogens is 234 g/mol. The van der Waals surface area contributed by atoms with Crippen LogP contribution in [0.1, 0.15) is 30.0 Å². The first-order valence-electron chi connectivity index (χ1n) is 7.29. The Morgan fingerprint density at radius 3 is 2.63 bits per heavy atom. The van der Waals surface area contributed by atoms with Gasteiger partial charge in [0.25, 0.3) is 0 Å². The maximum Gasteiger partial charge on any atom is 0.0470 e. The molecule has 2 rings (SSSR count). The summed E-state index contributed by atoms with van der Waals surface area (Å²) in [5, 5.41) is 0. The second-order valence-corrected chi connectivity index (χ2v) is 5.89. The Kier molecular flexibility index (Phi) is 4.97. The monoisotopic (exact) mass is 261 g/mol. The van der Waals surface area contributed by atoms with E-state index in [9.17, 15) is 0 Å². The molecule has 0 aromatic heterocycles. The Morgan fingerprint density at radius 2 is 2.05 bits per heavy atom. The van der Waals surface area contributed by atoms with Gasteiger partial charge in [0, 0.05) is 25.2 Å². The van der Waals surface area contributed by atoms with Crippen LogP contribution in [0.15, 0.2) is 24.3 Å². The van der Waals surface area contributed by atoms with Crippen LogP contribution < -0.4 is 5.73 Å². The van der Waals surface area contributed by atoms with E-state index < -0.39 is 0 Å². The van der Waals surface area contributed by atoms with Crippen LogP contribution in [0, 0.1) is 6.92 Å². The number of benzene rings is 1. The molecule has 19 heavy (non-hydrogen) atoms. The maximum atomic E-state index is 6.03. The summed E-state index contributed by atoms with van der Waals surface area (Å²) < 4.78 is 0. The molecule has 1 fully saturated rings. The van der Waals surface area contributed by atoms with Crippen molar-refractivity contribution < 1.29 is 0 Å². The molecule has 2 N–H and O–H groups in total. The van der Waals surface area contributed by atoms with E-state index in [2.05, 4.69) is 55.1 Å². The van der Waals surface area contributed by atoms with E-state index in [4.69, 9.17) is 5.73 Å². The molecular formula is C16H27N3. The third kappa shape index (κ3) is 3.56. The number of nitrogens with zero attached hydrogens (tertiary/aromatic N) is 2. The molecule has 0 radical (unpaired) electrons. The van der Waals surface area contributed by atoms with E-state index in [-0.39, 0.29) is 0 Å². The summed E-state index contributed by atoms with van der Waals surface area (Å²) in [5.41, 5.74) is 8.67. The van der Waals surface area contributed by atoms with Crippen molar-refractivity contribution in [2.75, 3.05) is 33.7 Å². The summed E-state index contributed by atoms with van der Waals surface area (Å²) >= 11 is 0. The van der Waals surface area contributed by atoms with Gasteiger partial charge in [-0.25, -0.2) is 0 Å². The van der Waals surface area contributed by atoms with E-state index >= 15 is 0 Å².